The van der Waals surface area contributed by atoms with Crippen LogP contribution in [-0.2, 0) is 9.59 Å². The standard InChI is InChI=1S/C12H12N2O3S/c15-10(14-12(18)13-8-11(16)17)7-6-9-4-2-1-3-5-9/h1-7H,8H2,(H,16,17)(H2,13,14,15,18). The quantitative estimate of drug-likeness (QED) is 0.553. The van der Waals surface area contributed by atoms with Crippen LogP contribution >= 0.6 is 12.2 Å². The summed E-state index contributed by atoms with van der Waals surface area (Å²) < 4.78 is 0. The molecule has 0 bridgehead atoms. The van der Waals surface area contributed by atoms with E-state index in [1.165, 1.54) is 6.08 Å². The number of hydrogen-bond donors (Lipinski definition) is 3. The second-order valence-corrected chi connectivity index (χ2v) is 3.72. The third-order valence-corrected chi connectivity index (χ3v) is 2.11. The Morgan fingerprint density at radius 3 is 2.56 bits per heavy atom. The Hall–Kier alpha value is -2.21. The molecule has 0 aromatic heterocycles. The Bertz CT molecular complexity index is 471. The van der Waals surface area contributed by atoms with E-state index in [0.29, 0.717) is 0 Å². The molecule has 6 heteroatoms. The first-order chi connectivity index (χ1) is 8.58. The molecule has 5 nitrogen and oxygen atoms in total. The number of carbonyl (C=O) groups is 2. The van der Waals surface area contributed by atoms with E-state index < -0.39 is 11.9 Å². The van der Waals surface area contributed by atoms with Crippen molar-refractivity contribution in [3.05, 3.63) is 42.0 Å². The van der Waals surface area contributed by atoms with Gasteiger partial charge in [-0.15, -0.1) is 0 Å². The van der Waals surface area contributed by atoms with Gasteiger partial charge in [-0.1, -0.05) is 30.3 Å². The minimum atomic E-state index is -1.05. The third kappa shape index (κ3) is 5.76. The molecule has 0 radical (unpaired) electrons. The lowest BCUT2D eigenvalue weighted by Crippen LogP contribution is -2.40. The first kappa shape index (κ1) is 13.9. The molecule has 1 amide bonds. The van der Waals surface area contributed by atoms with Crippen molar-refractivity contribution in [3.8, 4) is 0 Å². The summed E-state index contributed by atoms with van der Waals surface area (Å²) >= 11 is 4.74. The molecule has 0 fully saturated rings. The summed E-state index contributed by atoms with van der Waals surface area (Å²) in [6.45, 7) is -0.332. The van der Waals surface area contributed by atoms with E-state index in [1.807, 2.05) is 30.3 Å². The molecule has 1 aromatic rings. The summed E-state index contributed by atoms with van der Waals surface area (Å²) in [5, 5.41) is 13.1. The molecule has 18 heavy (non-hydrogen) atoms. The van der Waals surface area contributed by atoms with E-state index in [-0.39, 0.29) is 11.7 Å². The van der Waals surface area contributed by atoms with Crippen LogP contribution in [0.1, 0.15) is 5.56 Å². The van der Waals surface area contributed by atoms with Crippen LogP contribution in [-0.4, -0.2) is 28.6 Å². The first-order valence-corrected chi connectivity index (χ1v) is 5.52. The molecule has 0 spiro atoms. The van der Waals surface area contributed by atoms with Gasteiger partial charge in [0.05, 0.1) is 0 Å². The first-order valence-electron chi connectivity index (χ1n) is 5.11. The van der Waals surface area contributed by atoms with E-state index in [4.69, 9.17) is 17.3 Å². The summed E-state index contributed by atoms with van der Waals surface area (Å²) in [7, 11) is 0. The van der Waals surface area contributed by atoms with Crippen molar-refractivity contribution in [2.24, 2.45) is 0 Å². The number of amides is 1. The molecule has 94 valence electrons. The second kappa shape index (κ2) is 7.18. The number of hydrogen-bond acceptors (Lipinski definition) is 3. The molecule has 0 aliphatic carbocycles. The number of carbonyl (C=O) groups excluding carboxylic acids is 1. The fraction of sp³-hybridized carbons (Fsp3) is 0.0833. The lowest BCUT2D eigenvalue weighted by atomic mass is 10.2. The van der Waals surface area contributed by atoms with Gasteiger partial charge in [0.1, 0.15) is 6.54 Å². The molecular weight excluding hydrogens is 252 g/mol. The zero-order valence-electron chi connectivity index (χ0n) is 9.42. The minimum absolute atomic E-state index is 0.0138. The SMILES string of the molecule is O=C(O)CNC(=S)NC(=O)C=Cc1ccccc1. The number of aliphatic carboxylic acids is 1. The number of rotatable bonds is 4. The van der Waals surface area contributed by atoms with Gasteiger partial charge in [-0.3, -0.25) is 14.9 Å². The van der Waals surface area contributed by atoms with Gasteiger partial charge in [-0.05, 0) is 23.9 Å². The molecule has 0 unspecified atom stereocenters. The molecule has 0 saturated heterocycles. The molecule has 1 rings (SSSR count). The number of carboxylic acids is 1. The Morgan fingerprint density at radius 1 is 1.28 bits per heavy atom. The predicted octanol–water partition coefficient (Wildman–Crippen LogP) is 0.775. The maximum Gasteiger partial charge on any atom is 0.322 e. The van der Waals surface area contributed by atoms with E-state index in [9.17, 15) is 9.59 Å². The van der Waals surface area contributed by atoms with Crippen molar-refractivity contribution in [3.63, 3.8) is 0 Å². The van der Waals surface area contributed by atoms with Crippen molar-refractivity contribution < 1.29 is 14.7 Å². The zero-order valence-corrected chi connectivity index (χ0v) is 10.2. The number of nitrogens with one attached hydrogen (secondary N) is 2. The summed E-state index contributed by atoms with van der Waals surface area (Å²) in [5.41, 5.74) is 0.886. The van der Waals surface area contributed by atoms with Crippen LogP contribution in [0, 0.1) is 0 Å². The van der Waals surface area contributed by atoms with Crippen LogP contribution in [0.4, 0.5) is 0 Å². The summed E-state index contributed by atoms with van der Waals surface area (Å²) in [5.74, 6) is -1.46. The Kier molecular flexibility index (Phi) is 5.53. The van der Waals surface area contributed by atoms with Crippen LogP contribution in [0.3, 0.4) is 0 Å². The highest BCUT2D eigenvalue weighted by molar-refractivity contribution is 7.80. The highest BCUT2D eigenvalue weighted by Gasteiger charge is 2.02. The van der Waals surface area contributed by atoms with Crippen molar-refractivity contribution in [1.82, 2.24) is 10.6 Å². The smallest absolute Gasteiger partial charge is 0.322 e. The Labute approximate surface area is 110 Å². The lowest BCUT2D eigenvalue weighted by molar-refractivity contribution is -0.135. The zero-order chi connectivity index (χ0) is 13.4. The molecule has 1 aromatic carbocycles. The highest BCUT2D eigenvalue weighted by Crippen LogP contribution is 2.00. The van der Waals surface area contributed by atoms with Crippen LogP contribution in [0.25, 0.3) is 6.08 Å². The van der Waals surface area contributed by atoms with Crippen molar-refractivity contribution >= 4 is 35.3 Å². The topological polar surface area (TPSA) is 78.4 Å². The van der Waals surface area contributed by atoms with Crippen LogP contribution in [0.5, 0.6) is 0 Å². The lowest BCUT2D eigenvalue weighted by Gasteiger charge is -2.04. The van der Waals surface area contributed by atoms with Crippen molar-refractivity contribution in [2.45, 2.75) is 0 Å². The molecule has 0 saturated carbocycles. The summed E-state index contributed by atoms with van der Waals surface area (Å²) in [6.07, 6.45) is 2.96. The molecule has 0 aliphatic rings. The van der Waals surface area contributed by atoms with Gasteiger partial charge in [0.2, 0.25) is 5.91 Å². The molecule has 0 atom stereocenters. The third-order valence-electron chi connectivity index (χ3n) is 1.86. The number of carboxylic acid groups (broad SMARTS) is 1. The summed E-state index contributed by atoms with van der Waals surface area (Å²) in [4.78, 5) is 21.7. The number of benzene rings is 1. The molecule has 0 heterocycles. The van der Waals surface area contributed by atoms with E-state index in [1.54, 1.807) is 6.08 Å². The van der Waals surface area contributed by atoms with Crippen LogP contribution in [0.2, 0.25) is 0 Å². The monoisotopic (exact) mass is 264 g/mol. The van der Waals surface area contributed by atoms with Crippen LogP contribution < -0.4 is 10.6 Å². The van der Waals surface area contributed by atoms with Gasteiger partial charge in [-0.2, -0.15) is 0 Å². The number of thiocarbonyl (C=S) groups is 1. The summed E-state index contributed by atoms with van der Waals surface area (Å²) in [6, 6.07) is 9.30. The average molecular weight is 264 g/mol. The van der Waals surface area contributed by atoms with Gasteiger partial charge < -0.3 is 10.4 Å². The predicted molar refractivity (Wildman–Crippen MR) is 71.9 cm³/mol. The molecular formula is C12H12N2O3S. The van der Waals surface area contributed by atoms with E-state index >= 15 is 0 Å². The van der Waals surface area contributed by atoms with E-state index in [2.05, 4.69) is 10.6 Å². The molecule has 3 N–H and O–H groups in total. The Morgan fingerprint density at radius 2 is 1.94 bits per heavy atom. The largest absolute Gasteiger partial charge is 0.480 e. The normalized spacial score (nSPS) is 10.0. The maximum atomic E-state index is 11.4. The molecule has 0 aliphatic heterocycles. The Balaban J connectivity index is 2.40. The van der Waals surface area contributed by atoms with Crippen molar-refractivity contribution in [1.29, 1.82) is 0 Å². The van der Waals surface area contributed by atoms with Crippen molar-refractivity contribution in [2.75, 3.05) is 6.54 Å². The fourth-order valence-electron chi connectivity index (χ4n) is 1.09. The van der Waals surface area contributed by atoms with Crippen LogP contribution in [0.15, 0.2) is 36.4 Å². The highest BCUT2D eigenvalue weighted by atomic mass is 32.1. The average Bonchev–Trinajstić information content (AvgIpc) is 2.35. The fourth-order valence-corrected chi connectivity index (χ4v) is 1.26. The minimum Gasteiger partial charge on any atom is -0.480 e. The van der Waals surface area contributed by atoms with Gasteiger partial charge in [0, 0.05) is 6.08 Å². The van der Waals surface area contributed by atoms with Gasteiger partial charge in [0.15, 0.2) is 5.11 Å². The maximum absolute atomic E-state index is 11.4. The van der Waals surface area contributed by atoms with Gasteiger partial charge in [-0.25, -0.2) is 0 Å². The second-order valence-electron chi connectivity index (χ2n) is 3.31. The van der Waals surface area contributed by atoms with Gasteiger partial charge in [0.25, 0.3) is 0 Å². The van der Waals surface area contributed by atoms with E-state index in [0.717, 1.165) is 5.56 Å². The van der Waals surface area contributed by atoms with Gasteiger partial charge >= 0.3 is 5.97 Å².